The molecule has 3 N–H and O–H groups in total. The van der Waals surface area contributed by atoms with Crippen molar-refractivity contribution >= 4 is 27.5 Å². The van der Waals surface area contributed by atoms with Crippen molar-refractivity contribution in [3.05, 3.63) is 28.2 Å². The molecule has 0 bridgehead atoms. The van der Waals surface area contributed by atoms with Gasteiger partial charge in [0.15, 0.2) is 5.84 Å². The Hall–Kier alpha value is -1.23. The highest BCUT2D eigenvalue weighted by molar-refractivity contribution is 9.10. The van der Waals surface area contributed by atoms with E-state index in [-0.39, 0.29) is 5.84 Å². The van der Waals surface area contributed by atoms with Gasteiger partial charge in [-0.1, -0.05) is 34.9 Å². The number of oxime groups is 1. The number of nitrogens with two attached hydrogens (primary N) is 1. The van der Waals surface area contributed by atoms with Crippen LogP contribution in [0.15, 0.2) is 27.8 Å². The van der Waals surface area contributed by atoms with Crippen molar-refractivity contribution in [1.82, 2.24) is 0 Å². The highest BCUT2D eigenvalue weighted by Gasteiger charge is 2.30. The molecule has 2 rings (SSSR count). The number of amidine groups is 1. The zero-order valence-corrected chi connectivity index (χ0v) is 12.2. The summed E-state index contributed by atoms with van der Waals surface area (Å²) in [4.78, 5) is 2.29. The maximum absolute atomic E-state index is 8.88. The van der Waals surface area contributed by atoms with Crippen molar-refractivity contribution in [3.8, 4) is 0 Å². The summed E-state index contributed by atoms with van der Waals surface area (Å²) in [7, 11) is 0. The Bertz CT molecular complexity index is 485. The average Bonchev–Trinajstić information content (AvgIpc) is 2.68. The van der Waals surface area contributed by atoms with Crippen LogP contribution in [0.3, 0.4) is 0 Å². The molecule has 0 radical (unpaired) electrons. The second-order valence-electron chi connectivity index (χ2n) is 5.48. The van der Waals surface area contributed by atoms with E-state index in [0.29, 0.717) is 5.41 Å². The topological polar surface area (TPSA) is 61.8 Å². The van der Waals surface area contributed by atoms with Gasteiger partial charge in [-0.3, -0.25) is 0 Å². The molecule has 98 valence electrons. The van der Waals surface area contributed by atoms with Crippen molar-refractivity contribution in [1.29, 1.82) is 0 Å². The van der Waals surface area contributed by atoms with Gasteiger partial charge in [0.25, 0.3) is 0 Å². The van der Waals surface area contributed by atoms with Crippen molar-refractivity contribution in [2.24, 2.45) is 16.3 Å². The monoisotopic (exact) mass is 311 g/mol. The molecule has 0 aromatic heterocycles. The third-order valence-electron chi connectivity index (χ3n) is 3.36. The molecule has 18 heavy (non-hydrogen) atoms. The van der Waals surface area contributed by atoms with Crippen LogP contribution in [0.5, 0.6) is 0 Å². The number of rotatable bonds is 2. The quantitative estimate of drug-likeness (QED) is 0.382. The molecule has 0 aliphatic carbocycles. The second-order valence-corrected chi connectivity index (χ2v) is 6.40. The summed E-state index contributed by atoms with van der Waals surface area (Å²) in [6.07, 6.45) is 1.15. The molecular formula is C13H18BrN3O. The van der Waals surface area contributed by atoms with Crippen molar-refractivity contribution in [3.63, 3.8) is 0 Å². The van der Waals surface area contributed by atoms with Gasteiger partial charge in [0.1, 0.15) is 0 Å². The summed E-state index contributed by atoms with van der Waals surface area (Å²) in [6, 6.07) is 5.88. The molecule has 1 heterocycles. The lowest BCUT2D eigenvalue weighted by molar-refractivity contribution is 0.318. The maximum atomic E-state index is 8.88. The minimum atomic E-state index is 0.149. The molecule has 1 aliphatic heterocycles. The average molecular weight is 312 g/mol. The first-order valence-corrected chi connectivity index (χ1v) is 6.75. The van der Waals surface area contributed by atoms with E-state index in [4.69, 9.17) is 10.9 Å². The number of anilines is 1. The van der Waals surface area contributed by atoms with E-state index in [1.54, 1.807) is 0 Å². The van der Waals surface area contributed by atoms with Crippen LogP contribution in [-0.2, 0) is 0 Å². The van der Waals surface area contributed by atoms with Crippen molar-refractivity contribution in [2.75, 3.05) is 18.0 Å². The van der Waals surface area contributed by atoms with Crippen LogP contribution >= 0.6 is 15.9 Å². The summed E-state index contributed by atoms with van der Waals surface area (Å²) in [5.41, 5.74) is 7.86. The van der Waals surface area contributed by atoms with Gasteiger partial charge in [-0.15, -0.1) is 0 Å². The number of benzene rings is 1. The first kappa shape index (κ1) is 13.2. The third-order valence-corrected chi connectivity index (χ3v) is 3.85. The molecule has 1 aromatic carbocycles. The first-order valence-electron chi connectivity index (χ1n) is 5.95. The molecule has 0 saturated carbocycles. The van der Waals surface area contributed by atoms with Crippen LogP contribution in [0.4, 0.5) is 5.69 Å². The SMILES string of the molecule is CC1(C)CCN(c2ccc(Br)cc2/C(N)=N/O)C1. The largest absolute Gasteiger partial charge is 0.409 e. The Morgan fingerprint density at radius 1 is 1.50 bits per heavy atom. The van der Waals surface area contributed by atoms with E-state index >= 15 is 0 Å². The lowest BCUT2D eigenvalue weighted by atomic mass is 9.93. The molecule has 1 saturated heterocycles. The molecule has 1 aliphatic rings. The number of hydrogen-bond donors (Lipinski definition) is 2. The molecular weight excluding hydrogens is 294 g/mol. The summed E-state index contributed by atoms with van der Waals surface area (Å²) in [5, 5.41) is 12.0. The molecule has 4 nitrogen and oxygen atoms in total. The molecule has 1 aromatic rings. The molecule has 0 atom stereocenters. The van der Waals surface area contributed by atoms with E-state index in [2.05, 4.69) is 39.8 Å². The minimum Gasteiger partial charge on any atom is -0.409 e. The lowest BCUT2D eigenvalue weighted by Gasteiger charge is -2.24. The maximum Gasteiger partial charge on any atom is 0.172 e. The Labute approximate surface area is 116 Å². The van der Waals surface area contributed by atoms with Crippen molar-refractivity contribution < 1.29 is 5.21 Å². The van der Waals surface area contributed by atoms with Crippen LogP contribution in [0, 0.1) is 5.41 Å². The summed E-state index contributed by atoms with van der Waals surface area (Å²) < 4.78 is 0.923. The van der Waals surface area contributed by atoms with Gasteiger partial charge < -0.3 is 15.8 Å². The van der Waals surface area contributed by atoms with Crippen LogP contribution in [0.25, 0.3) is 0 Å². The molecule has 0 unspecified atom stereocenters. The molecule has 0 amide bonds. The summed E-state index contributed by atoms with van der Waals surface area (Å²) >= 11 is 3.41. The Balaban J connectivity index is 2.39. The van der Waals surface area contributed by atoms with Gasteiger partial charge in [-0.2, -0.15) is 0 Å². The fraction of sp³-hybridized carbons (Fsp3) is 0.462. The number of hydrogen-bond acceptors (Lipinski definition) is 3. The number of halogens is 1. The van der Waals surface area contributed by atoms with Gasteiger partial charge in [0.2, 0.25) is 0 Å². The van der Waals surface area contributed by atoms with E-state index in [1.165, 1.54) is 0 Å². The van der Waals surface area contributed by atoms with Crippen LogP contribution in [-0.4, -0.2) is 24.1 Å². The van der Waals surface area contributed by atoms with E-state index in [9.17, 15) is 0 Å². The van der Waals surface area contributed by atoms with E-state index in [0.717, 1.165) is 35.2 Å². The van der Waals surface area contributed by atoms with Gasteiger partial charge in [-0.05, 0) is 30.0 Å². The summed E-state index contributed by atoms with van der Waals surface area (Å²) in [5.74, 6) is 0.149. The predicted octanol–water partition coefficient (Wildman–Crippen LogP) is 2.78. The predicted molar refractivity (Wildman–Crippen MR) is 77.3 cm³/mol. The minimum absolute atomic E-state index is 0.149. The Morgan fingerprint density at radius 3 is 2.78 bits per heavy atom. The smallest absolute Gasteiger partial charge is 0.172 e. The normalized spacial score (nSPS) is 19.3. The fourth-order valence-corrected chi connectivity index (χ4v) is 2.72. The second kappa shape index (κ2) is 4.80. The van der Waals surface area contributed by atoms with Crippen LogP contribution < -0.4 is 10.6 Å². The first-order chi connectivity index (χ1) is 8.43. The van der Waals surface area contributed by atoms with Gasteiger partial charge in [-0.25, -0.2) is 0 Å². The molecule has 5 heteroatoms. The molecule has 0 spiro atoms. The zero-order chi connectivity index (χ0) is 13.3. The highest BCUT2D eigenvalue weighted by atomic mass is 79.9. The highest BCUT2D eigenvalue weighted by Crippen LogP contribution is 2.34. The third kappa shape index (κ3) is 2.61. The van der Waals surface area contributed by atoms with E-state index < -0.39 is 0 Å². The van der Waals surface area contributed by atoms with Gasteiger partial charge >= 0.3 is 0 Å². The Kier molecular flexibility index (Phi) is 3.52. The fourth-order valence-electron chi connectivity index (χ4n) is 2.36. The standard InChI is InChI=1S/C13H18BrN3O/c1-13(2)5-6-17(8-13)11-4-3-9(14)7-10(11)12(15)16-18/h3-4,7,18H,5-6,8H2,1-2H3,(H2,15,16). The van der Waals surface area contributed by atoms with Crippen molar-refractivity contribution in [2.45, 2.75) is 20.3 Å². The van der Waals surface area contributed by atoms with Crippen LogP contribution in [0.2, 0.25) is 0 Å². The van der Waals surface area contributed by atoms with Crippen LogP contribution in [0.1, 0.15) is 25.8 Å². The van der Waals surface area contributed by atoms with E-state index in [1.807, 2.05) is 18.2 Å². The number of nitrogens with zero attached hydrogens (tertiary/aromatic N) is 2. The molecule has 1 fully saturated rings. The summed E-state index contributed by atoms with van der Waals surface area (Å²) in [6.45, 7) is 6.50. The Morgan fingerprint density at radius 2 is 2.22 bits per heavy atom. The van der Waals surface area contributed by atoms with Gasteiger partial charge in [0.05, 0.1) is 0 Å². The van der Waals surface area contributed by atoms with Gasteiger partial charge in [0, 0.05) is 28.8 Å². The zero-order valence-electron chi connectivity index (χ0n) is 10.7. The lowest BCUT2D eigenvalue weighted by Crippen LogP contribution is -2.26.